The maximum Gasteiger partial charge on any atom is 0.340 e. The van der Waals surface area contributed by atoms with Gasteiger partial charge in [-0.15, -0.1) is 0 Å². The SMILES string of the molecule is CCOC(=O)C1=C(N)Oc2c(c(=O)[nH]c3ccccc23)[C@@H]1c1cccc(O)c1. The van der Waals surface area contributed by atoms with Crippen LogP contribution in [0.3, 0.4) is 0 Å². The van der Waals surface area contributed by atoms with Gasteiger partial charge in [0, 0.05) is 5.39 Å². The van der Waals surface area contributed by atoms with Crippen molar-refractivity contribution in [2.75, 3.05) is 6.61 Å². The number of pyridine rings is 1. The lowest BCUT2D eigenvalue weighted by Crippen LogP contribution is -2.32. The van der Waals surface area contributed by atoms with Gasteiger partial charge in [0.2, 0.25) is 5.88 Å². The van der Waals surface area contributed by atoms with Gasteiger partial charge >= 0.3 is 5.97 Å². The van der Waals surface area contributed by atoms with E-state index in [1.54, 1.807) is 37.3 Å². The molecule has 4 rings (SSSR count). The van der Waals surface area contributed by atoms with Crippen molar-refractivity contribution in [2.24, 2.45) is 5.73 Å². The van der Waals surface area contributed by atoms with Gasteiger partial charge in [-0.25, -0.2) is 4.79 Å². The lowest BCUT2D eigenvalue weighted by Gasteiger charge is -2.28. The number of carbonyl (C=O) groups is 1. The lowest BCUT2D eigenvalue weighted by atomic mass is 9.83. The number of nitrogens with two attached hydrogens (primary N) is 1. The number of hydrogen-bond acceptors (Lipinski definition) is 6. The fourth-order valence-electron chi connectivity index (χ4n) is 3.52. The van der Waals surface area contributed by atoms with Gasteiger partial charge in [0.05, 0.1) is 23.6 Å². The van der Waals surface area contributed by atoms with Crippen molar-refractivity contribution < 1.29 is 19.4 Å². The van der Waals surface area contributed by atoms with Crippen LogP contribution in [0.15, 0.2) is 64.8 Å². The number of aromatic hydroxyl groups is 1. The summed E-state index contributed by atoms with van der Waals surface area (Å²) in [6.07, 6.45) is 0. The van der Waals surface area contributed by atoms with Crippen molar-refractivity contribution in [3.05, 3.63) is 81.5 Å². The summed E-state index contributed by atoms with van der Waals surface area (Å²) in [5.74, 6) is -1.35. The average Bonchev–Trinajstić information content (AvgIpc) is 2.67. The molecule has 0 radical (unpaired) electrons. The van der Waals surface area contributed by atoms with E-state index < -0.39 is 17.4 Å². The Kier molecular flexibility index (Phi) is 4.27. The molecule has 2 heterocycles. The molecule has 0 unspecified atom stereocenters. The Hall–Kier alpha value is -3.74. The van der Waals surface area contributed by atoms with Crippen molar-refractivity contribution in [2.45, 2.75) is 12.8 Å². The summed E-state index contributed by atoms with van der Waals surface area (Å²) in [6, 6.07) is 13.5. The number of H-pyrrole nitrogens is 1. The van der Waals surface area contributed by atoms with Gasteiger partial charge in [-0.3, -0.25) is 4.79 Å². The smallest absolute Gasteiger partial charge is 0.340 e. The summed E-state index contributed by atoms with van der Waals surface area (Å²) < 4.78 is 10.9. The number of aromatic amines is 1. The van der Waals surface area contributed by atoms with Gasteiger partial charge < -0.3 is 25.3 Å². The molecule has 0 saturated heterocycles. The first-order chi connectivity index (χ1) is 13.5. The number of ether oxygens (including phenoxy) is 2. The monoisotopic (exact) mass is 378 g/mol. The summed E-state index contributed by atoms with van der Waals surface area (Å²) in [6.45, 7) is 1.82. The average molecular weight is 378 g/mol. The fraction of sp³-hybridized carbons (Fsp3) is 0.143. The summed E-state index contributed by atoms with van der Waals surface area (Å²) in [5, 5.41) is 10.6. The minimum absolute atomic E-state index is 0.00420. The molecule has 142 valence electrons. The molecule has 1 aliphatic heterocycles. The van der Waals surface area contributed by atoms with E-state index in [9.17, 15) is 14.7 Å². The maximum atomic E-state index is 13.0. The number of hydrogen-bond donors (Lipinski definition) is 3. The van der Waals surface area contributed by atoms with Crippen LogP contribution in [-0.2, 0) is 9.53 Å². The van der Waals surface area contributed by atoms with Crippen molar-refractivity contribution in [3.63, 3.8) is 0 Å². The molecule has 0 spiro atoms. The second kappa shape index (κ2) is 6.77. The highest BCUT2D eigenvalue weighted by Gasteiger charge is 2.38. The van der Waals surface area contributed by atoms with E-state index >= 15 is 0 Å². The fourth-order valence-corrected chi connectivity index (χ4v) is 3.52. The van der Waals surface area contributed by atoms with Crippen LogP contribution >= 0.6 is 0 Å². The van der Waals surface area contributed by atoms with E-state index in [2.05, 4.69) is 4.98 Å². The van der Waals surface area contributed by atoms with Gasteiger partial charge in [0.25, 0.3) is 5.56 Å². The van der Waals surface area contributed by atoms with Crippen LogP contribution in [0.2, 0.25) is 0 Å². The molecule has 0 aliphatic carbocycles. The molecule has 0 fully saturated rings. The minimum Gasteiger partial charge on any atom is -0.508 e. The number of esters is 1. The third-order valence-corrected chi connectivity index (χ3v) is 4.66. The molecule has 0 bridgehead atoms. The van der Waals surface area contributed by atoms with Crippen LogP contribution < -0.4 is 16.0 Å². The molecule has 1 atom stereocenters. The molecule has 4 N–H and O–H groups in total. The molecule has 7 nitrogen and oxygen atoms in total. The van der Waals surface area contributed by atoms with Crippen molar-refractivity contribution >= 4 is 16.9 Å². The number of benzene rings is 2. The van der Waals surface area contributed by atoms with E-state index in [0.717, 1.165) is 0 Å². The topological polar surface area (TPSA) is 115 Å². The van der Waals surface area contributed by atoms with Crippen molar-refractivity contribution in [1.29, 1.82) is 0 Å². The first kappa shape index (κ1) is 17.7. The molecule has 2 aromatic carbocycles. The third kappa shape index (κ3) is 2.77. The lowest BCUT2D eigenvalue weighted by molar-refractivity contribution is -0.139. The van der Waals surface area contributed by atoms with E-state index in [-0.39, 0.29) is 29.4 Å². The first-order valence-electron chi connectivity index (χ1n) is 8.79. The van der Waals surface area contributed by atoms with Crippen LogP contribution in [0.25, 0.3) is 10.9 Å². The summed E-state index contributed by atoms with van der Waals surface area (Å²) in [5.41, 5.74) is 7.09. The second-order valence-electron chi connectivity index (χ2n) is 6.37. The predicted octanol–water partition coefficient (Wildman–Crippen LogP) is 2.49. The summed E-state index contributed by atoms with van der Waals surface area (Å²) in [4.78, 5) is 28.4. The van der Waals surface area contributed by atoms with Gasteiger partial charge in [0.15, 0.2) is 0 Å². The van der Waals surface area contributed by atoms with Crippen LogP contribution in [0.5, 0.6) is 11.5 Å². The second-order valence-corrected chi connectivity index (χ2v) is 6.37. The van der Waals surface area contributed by atoms with Gasteiger partial charge in [-0.05, 0) is 36.8 Å². The Bertz CT molecular complexity index is 1180. The van der Waals surface area contributed by atoms with E-state index in [1.807, 2.05) is 6.07 Å². The number of fused-ring (bicyclic) bond motifs is 3. The van der Waals surface area contributed by atoms with E-state index in [1.165, 1.54) is 12.1 Å². The predicted molar refractivity (Wildman–Crippen MR) is 103 cm³/mol. The Balaban J connectivity index is 2.05. The third-order valence-electron chi connectivity index (χ3n) is 4.66. The zero-order valence-electron chi connectivity index (χ0n) is 15.1. The van der Waals surface area contributed by atoms with Gasteiger partial charge in [-0.2, -0.15) is 0 Å². The zero-order valence-corrected chi connectivity index (χ0v) is 15.1. The molecular formula is C21H18N2O5. The van der Waals surface area contributed by atoms with Crippen LogP contribution in [0.1, 0.15) is 24.0 Å². The minimum atomic E-state index is -0.844. The van der Waals surface area contributed by atoms with Crippen LogP contribution in [0, 0.1) is 0 Å². The number of aromatic nitrogens is 1. The molecule has 3 aromatic rings. The number of para-hydroxylation sites is 1. The molecule has 0 amide bonds. The standard InChI is InChI=1S/C21H18N2O5/c1-2-27-21(26)17-15(11-6-5-7-12(24)10-11)16-18(28-19(17)22)13-8-3-4-9-14(13)23-20(16)25/h3-10,15,24H,2,22H2,1H3,(H,23,25)/t15-/m0/s1. The molecule has 7 heteroatoms. The Morgan fingerprint density at radius 3 is 2.79 bits per heavy atom. The maximum absolute atomic E-state index is 13.0. The van der Waals surface area contributed by atoms with E-state index in [0.29, 0.717) is 22.2 Å². The zero-order chi connectivity index (χ0) is 19.8. The molecule has 0 saturated carbocycles. The summed E-state index contributed by atoms with van der Waals surface area (Å²) >= 11 is 0. The molecule has 1 aromatic heterocycles. The highest BCUT2D eigenvalue weighted by atomic mass is 16.5. The van der Waals surface area contributed by atoms with Crippen LogP contribution in [-0.4, -0.2) is 22.7 Å². The van der Waals surface area contributed by atoms with Gasteiger partial charge in [0.1, 0.15) is 17.1 Å². The number of rotatable bonds is 3. The normalized spacial score (nSPS) is 15.8. The quantitative estimate of drug-likeness (QED) is 0.603. The largest absolute Gasteiger partial charge is 0.508 e. The number of nitrogens with one attached hydrogen (secondary N) is 1. The Morgan fingerprint density at radius 1 is 1.25 bits per heavy atom. The van der Waals surface area contributed by atoms with Crippen molar-refractivity contribution in [3.8, 4) is 11.5 Å². The van der Waals surface area contributed by atoms with E-state index in [4.69, 9.17) is 15.2 Å². The van der Waals surface area contributed by atoms with Gasteiger partial charge in [-0.1, -0.05) is 24.3 Å². The van der Waals surface area contributed by atoms with Crippen LogP contribution in [0.4, 0.5) is 0 Å². The first-order valence-corrected chi connectivity index (χ1v) is 8.79. The highest BCUT2D eigenvalue weighted by molar-refractivity contribution is 5.95. The Labute approximate surface area is 160 Å². The molecular weight excluding hydrogens is 360 g/mol. The van der Waals surface area contributed by atoms with Crippen molar-refractivity contribution in [1.82, 2.24) is 4.98 Å². The highest BCUT2D eigenvalue weighted by Crippen LogP contribution is 2.44. The summed E-state index contributed by atoms with van der Waals surface area (Å²) in [7, 11) is 0. The Morgan fingerprint density at radius 2 is 2.04 bits per heavy atom. The number of phenolic OH excluding ortho intramolecular Hbond substituents is 1. The number of phenols is 1. The number of carbonyl (C=O) groups excluding carboxylic acids is 1. The molecule has 1 aliphatic rings. The molecule has 28 heavy (non-hydrogen) atoms.